The van der Waals surface area contributed by atoms with Crippen LogP contribution >= 0.6 is 0 Å². The number of nitro groups is 1. The number of carbonyl (C=O) groups is 1. The number of nitrogens with zero attached hydrogens (tertiary/aromatic N) is 2. The summed E-state index contributed by atoms with van der Waals surface area (Å²) in [5.41, 5.74) is -1.03. The van der Waals surface area contributed by atoms with Crippen molar-refractivity contribution < 1.29 is 24.3 Å². The maximum atomic E-state index is 12.2. The molecule has 2 N–H and O–H groups in total. The normalized spacial score (nSPS) is 22.6. The van der Waals surface area contributed by atoms with Gasteiger partial charge in [0.25, 0.3) is 5.56 Å². The molecule has 2 aromatic rings. The molecule has 1 aromatic carbocycles. The van der Waals surface area contributed by atoms with Crippen molar-refractivity contribution >= 4 is 5.97 Å². The van der Waals surface area contributed by atoms with Crippen molar-refractivity contribution in [2.24, 2.45) is 0 Å². The van der Waals surface area contributed by atoms with Crippen molar-refractivity contribution in [1.29, 1.82) is 0 Å². The lowest BCUT2D eigenvalue weighted by Crippen LogP contribution is -2.43. The van der Waals surface area contributed by atoms with Gasteiger partial charge in [-0.2, -0.15) is 0 Å². The molecule has 0 saturated carbocycles. The van der Waals surface area contributed by atoms with E-state index in [2.05, 4.69) is 4.98 Å². The molecule has 1 aliphatic rings. The van der Waals surface area contributed by atoms with E-state index >= 15 is 0 Å². The second-order valence-electron chi connectivity index (χ2n) is 6.28. The summed E-state index contributed by atoms with van der Waals surface area (Å²) >= 11 is 0. The van der Waals surface area contributed by atoms with E-state index in [-0.39, 0.29) is 17.5 Å². The van der Waals surface area contributed by atoms with Gasteiger partial charge < -0.3 is 14.6 Å². The highest BCUT2D eigenvalue weighted by molar-refractivity contribution is 5.89. The third-order valence-corrected chi connectivity index (χ3v) is 4.32. The van der Waals surface area contributed by atoms with Crippen LogP contribution in [0.2, 0.25) is 0 Å². The summed E-state index contributed by atoms with van der Waals surface area (Å²) in [5, 5.41) is 21.7. The molecular weight excluding hydrogens is 374 g/mol. The van der Waals surface area contributed by atoms with Gasteiger partial charge in [-0.3, -0.25) is 24.5 Å². The Balaban J connectivity index is 1.82. The maximum absolute atomic E-state index is 12.2. The SMILES string of the molecule is Cc1cn([C@H]2C[C@H](O)[C@@H](C(OC(=O)c3ccccc3)[N+](=O)[O-])O2)c(=O)[nH]c1=O. The third-order valence-electron chi connectivity index (χ3n) is 4.32. The van der Waals surface area contributed by atoms with Crippen LogP contribution < -0.4 is 11.2 Å². The predicted molar refractivity (Wildman–Crippen MR) is 93.2 cm³/mol. The Morgan fingerprint density at radius 3 is 2.71 bits per heavy atom. The van der Waals surface area contributed by atoms with Crippen molar-refractivity contribution in [2.75, 3.05) is 0 Å². The number of hydrogen-bond donors (Lipinski definition) is 2. The minimum atomic E-state index is -1.98. The lowest BCUT2D eigenvalue weighted by atomic mass is 10.1. The van der Waals surface area contributed by atoms with Gasteiger partial charge in [0.05, 0.1) is 16.6 Å². The van der Waals surface area contributed by atoms with Crippen molar-refractivity contribution in [2.45, 2.75) is 38.0 Å². The average Bonchev–Trinajstić information content (AvgIpc) is 3.04. The summed E-state index contributed by atoms with van der Waals surface area (Å²) in [5.74, 6) is -0.946. The molecule has 0 bridgehead atoms. The van der Waals surface area contributed by atoms with E-state index in [4.69, 9.17) is 9.47 Å². The standard InChI is InChI=1S/C17H17N3O8/c1-9-8-19(17(24)18-14(9)22)12-7-11(21)13(27-12)15(20(25)26)28-16(23)10-5-3-2-4-6-10/h2-6,8,11-13,15,21H,7H2,1H3,(H,18,22,24)/t11-,12+,13-,15?/m0/s1. The third kappa shape index (κ3) is 3.85. The summed E-state index contributed by atoms with van der Waals surface area (Å²) in [6.07, 6.45) is -4.84. The monoisotopic (exact) mass is 391 g/mol. The van der Waals surface area contributed by atoms with Crippen LogP contribution in [0.15, 0.2) is 46.1 Å². The fraction of sp³-hybridized carbons (Fsp3) is 0.353. The average molecular weight is 391 g/mol. The van der Waals surface area contributed by atoms with Gasteiger partial charge in [-0.25, -0.2) is 9.59 Å². The Hall–Kier alpha value is -3.31. The molecule has 4 atom stereocenters. The van der Waals surface area contributed by atoms with Crippen LogP contribution in [0.3, 0.4) is 0 Å². The zero-order chi connectivity index (χ0) is 20.4. The number of aliphatic hydroxyl groups excluding tert-OH is 1. The molecule has 28 heavy (non-hydrogen) atoms. The number of aromatic amines is 1. The molecule has 11 heteroatoms. The molecule has 0 amide bonds. The van der Waals surface area contributed by atoms with Gasteiger partial charge in [-0.05, 0) is 19.1 Å². The van der Waals surface area contributed by atoms with Crippen LogP contribution in [-0.2, 0) is 9.47 Å². The molecule has 1 aliphatic heterocycles. The van der Waals surface area contributed by atoms with Crippen molar-refractivity contribution in [3.63, 3.8) is 0 Å². The van der Waals surface area contributed by atoms with E-state index in [1.54, 1.807) is 18.2 Å². The quantitative estimate of drug-likeness (QED) is 0.311. The Morgan fingerprint density at radius 1 is 1.39 bits per heavy atom. The molecule has 0 radical (unpaired) electrons. The van der Waals surface area contributed by atoms with Gasteiger partial charge in [0.1, 0.15) is 6.23 Å². The minimum absolute atomic E-state index is 0.103. The Bertz CT molecular complexity index is 999. The molecule has 0 aliphatic carbocycles. The molecule has 1 saturated heterocycles. The topological polar surface area (TPSA) is 154 Å². The van der Waals surface area contributed by atoms with E-state index in [0.717, 1.165) is 4.57 Å². The number of aromatic nitrogens is 2. The Kier molecular flexibility index (Phi) is 5.38. The zero-order valence-electron chi connectivity index (χ0n) is 14.7. The molecular formula is C17H17N3O8. The van der Waals surface area contributed by atoms with Crippen molar-refractivity contribution in [1.82, 2.24) is 9.55 Å². The van der Waals surface area contributed by atoms with Crippen LogP contribution in [0, 0.1) is 17.0 Å². The summed E-state index contributed by atoms with van der Waals surface area (Å²) < 4.78 is 11.4. The van der Waals surface area contributed by atoms with E-state index < -0.39 is 46.8 Å². The highest BCUT2D eigenvalue weighted by atomic mass is 16.7. The Labute approximate surface area is 157 Å². The first-order chi connectivity index (χ1) is 13.3. The molecule has 3 rings (SSSR count). The Morgan fingerprint density at radius 2 is 2.07 bits per heavy atom. The van der Waals surface area contributed by atoms with Crippen LogP contribution in [0.25, 0.3) is 0 Å². The molecule has 1 unspecified atom stereocenters. The van der Waals surface area contributed by atoms with Crippen molar-refractivity contribution in [3.05, 3.63) is 78.6 Å². The highest BCUT2D eigenvalue weighted by Gasteiger charge is 2.48. The fourth-order valence-electron chi connectivity index (χ4n) is 2.89. The number of hydrogen-bond acceptors (Lipinski definition) is 8. The van der Waals surface area contributed by atoms with Crippen LogP contribution in [0.4, 0.5) is 0 Å². The predicted octanol–water partition coefficient (Wildman–Crippen LogP) is -0.0468. The number of rotatable bonds is 5. The smallest absolute Gasteiger partial charge is 0.385 e. The van der Waals surface area contributed by atoms with Crippen LogP contribution in [-0.4, -0.2) is 44.0 Å². The second-order valence-corrected chi connectivity index (χ2v) is 6.28. The molecule has 0 spiro atoms. The largest absolute Gasteiger partial charge is 0.392 e. The maximum Gasteiger partial charge on any atom is 0.385 e. The molecule has 1 aromatic heterocycles. The van der Waals surface area contributed by atoms with Gasteiger partial charge in [-0.1, -0.05) is 18.2 Å². The summed E-state index contributed by atoms with van der Waals surface area (Å²) in [6.45, 7) is 1.47. The first-order valence-electron chi connectivity index (χ1n) is 8.33. The van der Waals surface area contributed by atoms with Gasteiger partial charge in [0, 0.05) is 18.2 Å². The van der Waals surface area contributed by atoms with E-state index in [1.807, 2.05) is 0 Å². The van der Waals surface area contributed by atoms with Crippen LogP contribution in [0.1, 0.15) is 28.6 Å². The fourth-order valence-corrected chi connectivity index (χ4v) is 2.89. The lowest BCUT2D eigenvalue weighted by molar-refractivity contribution is -0.581. The van der Waals surface area contributed by atoms with E-state index in [0.29, 0.717) is 0 Å². The van der Waals surface area contributed by atoms with Crippen molar-refractivity contribution in [3.8, 4) is 0 Å². The summed E-state index contributed by atoms with van der Waals surface area (Å²) in [4.78, 5) is 48.3. The number of aryl methyl sites for hydroxylation is 1. The zero-order valence-corrected chi connectivity index (χ0v) is 14.7. The summed E-state index contributed by atoms with van der Waals surface area (Å²) in [7, 11) is 0. The molecule has 11 nitrogen and oxygen atoms in total. The molecule has 2 heterocycles. The van der Waals surface area contributed by atoms with Gasteiger partial charge in [0.2, 0.25) is 0 Å². The van der Waals surface area contributed by atoms with Crippen LogP contribution in [0.5, 0.6) is 0 Å². The number of benzene rings is 1. The first-order valence-corrected chi connectivity index (χ1v) is 8.33. The summed E-state index contributed by atoms with van der Waals surface area (Å²) in [6, 6.07) is 7.66. The van der Waals surface area contributed by atoms with Gasteiger partial charge >= 0.3 is 17.9 Å². The lowest BCUT2D eigenvalue weighted by Gasteiger charge is -2.19. The first kappa shape index (κ1) is 19.5. The number of esters is 1. The van der Waals surface area contributed by atoms with Gasteiger partial charge in [-0.15, -0.1) is 0 Å². The van der Waals surface area contributed by atoms with E-state index in [1.165, 1.54) is 25.3 Å². The van der Waals surface area contributed by atoms with Gasteiger partial charge in [0.15, 0.2) is 6.10 Å². The minimum Gasteiger partial charge on any atom is -0.392 e. The number of nitrogens with one attached hydrogen (secondary N) is 1. The molecule has 148 valence electrons. The highest BCUT2D eigenvalue weighted by Crippen LogP contribution is 2.31. The number of H-pyrrole nitrogens is 1. The number of ether oxygens (including phenoxy) is 2. The second kappa shape index (κ2) is 7.74. The molecule has 1 fully saturated rings. The number of aliphatic hydroxyl groups is 1. The number of carbonyl (C=O) groups excluding carboxylic acids is 1. The van der Waals surface area contributed by atoms with E-state index in [9.17, 15) is 29.6 Å².